The monoisotopic (exact) mass is 245 g/mol. The van der Waals surface area contributed by atoms with E-state index in [4.69, 9.17) is 11.6 Å². The highest BCUT2D eigenvalue weighted by Gasteiger charge is 2.10. The van der Waals surface area contributed by atoms with Crippen molar-refractivity contribution < 1.29 is 4.79 Å². The molecule has 15 heavy (non-hydrogen) atoms. The minimum absolute atomic E-state index is 0.158. The van der Waals surface area contributed by atoms with Crippen LogP contribution in [0.1, 0.15) is 29.4 Å². The van der Waals surface area contributed by atoms with Gasteiger partial charge in [-0.25, -0.2) is 0 Å². The number of hydrogen-bond acceptors (Lipinski definition) is 3. The van der Waals surface area contributed by atoms with Crippen molar-refractivity contribution in [2.24, 2.45) is 0 Å². The normalized spacial score (nSPS) is 10.9. The van der Waals surface area contributed by atoms with Gasteiger partial charge in [0.2, 0.25) is 0 Å². The summed E-state index contributed by atoms with van der Waals surface area (Å²) in [6.07, 6.45) is 2.29. The van der Waals surface area contributed by atoms with Gasteiger partial charge in [0.25, 0.3) is 0 Å². The van der Waals surface area contributed by atoms with Crippen LogP contribution in [0.3, 0.4) is 0 Å². The number of thiophene rings is 1. The Labute approximate surface area is 99.9 Å². The van der Waals surface area contributed by atoms with Crippen LogP contribution < -0.4 is 0 Å². The van der Waals surface area contributed by atoms with Gasteiger partial charge in [0.1, 0.15) is 0 Å². The van der Waals surface area contributed by atoms with Gasteiger partial charge in [-0.1, -0.05) is 24.9 Å². The molecule has 0 spiro atoms. The minimum atomic E-state index is 0.158. The van der Waals surface area contributed by atoms with Crippen molar-refractivity contribution in [3.63, 3.8) is 0 Å². The fourth-order valence-electron chi connectivity index (χ4n) is 1.29. The van der Waals surface area contributed by atoms with Crippen molar-refractivity contribution in [1.29, 1.82) is 0 Å². The SMILES string of the molecule is CCCCN(C)CC(=O)c1ccc(Cl)s1. The quantitative estimate of drug-likeness (QED) is 0.717. The number of ketones is 1. The topological polar surface area (TPSA) is 20.3 Å². The number of carbonyl (C=O) groups is 1. The number of nitrogens with zero attached hydrogens (tertiary/aromatic N) is 1. The largest absolute Gasteiger partial charge is 0.299 e. The van der Waals surface area contributed by atoms with E-state index < -0.39 is 0 Å². The lowest BCUT2D eigenvalue weighted by molar-refractivity contribution is 0.0949. The molecule has 4 heteroatoms. The maximum Gasteiger partial charge on any atom is 0.186 e. The lowest BCUT2D eigenvalue weighted by Crippen LogP contribution is -2.26. The molecule has 0 amide bonds. The highest BCUT2D eigenvalue weighted by Crippen LogP contribution is 2.21. The Hall–Kier alpha value is -0.380. The Morgan fingerprint density at radius 1 is 1.53 bits per heavy atom. The first-order valence-electron chi connectivity index (χ1n) is 5.10. The predicted molar refractivity (Wildman–Crippen MR) is 66.1 cm³/mol. The van der Waals surface area contributed by atoms with Crippen molar-refractivity contribution >= 4 is 28.7 Å². The Balaban J connectivity index is 2.42. The summed E-state index contributed by atoms with van der Waals surface area (Å²) in [5.74, 6) is 0.158. The second kappa shape index (κ2) is 6.26. The molecule has 0 atom stereocenters. The standard InChI is InChI=1S/C11H16ClNOS/c1-3-4-7-13(2)8-9(14)10-5-6-11(12)15-10/h5-6H,3-4,7-8H2,1-2H3. The smallest absolute Gasteiger partial charge is 0.186 e. The van der Waals surface area contributed by atoms with E-state index in [-0.39, 0.29) is 5.78 Å². The van der Waals surface area contributed by atoms with E-state index in [1.807, 2.05) is 7.05 Å². The fourth-order valence-corrected chi connectivity index (χ4v) is 2.27. The number of likely N-dealkylation sites (N-methyl/N-ethyl adjacent to an activating group) is 1. The van der Waals surface area contributed by atoms with Crippen LogP contribution >= 0.6 is 22.9 Å². The van der Waals surface area contributed by atoms with E-state index in [0.29, 0.717) is 10.9 Å². The summed E-state index contributed by atoms with van der Waals surface area (Å²) in [7, 11) is 1.97. The number of carbonyl (C=O) groups excluding carboxylic acids is 1. The molecular weight excluding hydrogens is 230 g/mol. The molecule has 0 N–H and O–H groups in total. The summed E-state index contributed by atoms with van der Waals surface area (Å²) in [6, 6.07) is 3.56. The number of Topliss-reactive ketones (excluding diaryl/α,β-unsaturated/α-hetero) is 1. The van der Waals surface area contributed by atoms with Gasteiger partial charge in [0.15, 0.2) is 5.78 Å². The molecule has 1 aromatic rings. The summed E-state index contributed by atoms with van der Waals surface area (Å²) in [5.41, 5.74) is 0. The molecule has 84 valence electrons. The zero-order valence-electron chi connectivity index (χ0n) is 9.12. The zero-order chi connectivity index (χ0) is 11.3. The van der Waals surface area contributed by atoms with Gasteiger partial charge in [-0.05, 0) is 32.1 Å². The van der Waals surface area contributed by atoms with Crippen LogP contribution in [0.4, 0.5) is 0 Å². The van der Waals surface area contributed by atoms with Crippen molar-refractivity contribution in [3.05, 3.63) is 21.3 Å². The average Bonchev–Trinajstić information content (AvgIpc) is 2.61. The molecule has 0 aliphatic rings. The highest BCUT2D eigenvalue weighted by atomic mass is 35.5. The second-order valence-corrected chi connectivity index (χ2v) is 5.33. The van der Waals surface area contributed by atoms with Gasteiger partial charge in [0, 0.05) is 0 Å². The van der Waals surface area contributed by atoms with Crippen LogP contribution in [-0.4, -0.2) is 30.8 Å². The summed E-state index contributed by atoms with van der Waals surface area (Å²) >= 11 is 7.13. The van der Waals surface area contributed by atoms with Crippen molar-refractivity contribution in [1.82, 2.24) is 4.90 Å². The summed E-state index contributed by atoms with van der Waals surface area (Å²) in [5, 5.41) is 0. The molecule has 0 aliphatic heterocycles. The van der Waals surface area contributed by atoms with Gasteiger partial charge in [0.05, 0.1) is 15.8 Å². The number of halogens is 1. The van der Waals surface area contributed by atoms with E-state index >= 15 is 0 Å². The molecule has 1 aromatic heterocycles. The number of hydrogen-bond donors (Lipinski definition) is 0. The lowest BCUT2D eigenvalue weighted by atomic mass is 10.3. The molecule has 1 heterocycles. The Kier molecular flexibility index (Phi) is 5.29. The Morgan fingerprint density at radius 3 is 2.80 bits per heavy atom. The first-order valence-corrected chi connectivity index (χ1v) is 6.30. The van der Waals surface area contributed by atoms with Crippen LogP contribution in [0.5, 0.6) is 0 Å². The van der Waals surface area contributed by atoms with Gasteiger partial charge < -0.3 is 0 Å². The maximum absolute atomic E-state index is 11.7. The van der Waals surface area contributed by atoms with Crippen molar-refractivity contribution in [3.8, 4) is 0 Å². The highest BCUT2D eigenvalue weighted by molar-refractivity contribution is 7.18. The molecule has 0 saturated heterocycles. The maximum atomic E-state index is 11.7. The molecule has 0 aliphatic carbocycles. The number of unbranched alkanes of at least 4 members (excludes halogenated alkanes) is 1. The lowest BCUT2D eigenvalue weighted by Gasteiger charge is -2.14. The number of rotatable bonds is 6. The molecule has 0 aromatic carbocycles. The van der Waals surface area contributed by atoms with Gasteiger partial charge >= 0.3 is 0 Å². The second-order valence-electron chi connectivity index (χ2n) is 3.62. The first kappa shape index (κ1) is 12.7. The molecule has 0 saturated carbocycles. The van der Waals surface area contributed by atoms with Crippen molar-refractivity contribution in [2.45, 2.75) is 19.8 Å². The van der Waals surface area contributed by atoms with Crippen LogP contribution in [0.15, 0.2) is 12.1 Å². The Bertz CT molecular complexity index is 324. The summed E-state index contributed by atoms with van der Waals surface area (Å²) in [4.78, 5) is 14.5. The molecule has 0 radical (unpaired) electrons. The molecular formula is C11H16ClNOS. The van der Waals surface area contributed by atoms with Gasteiger partial charge in [-0.15, -0.1) is 11.3 Å². The van der Waals surface area contributed by atoms with Crippen molar-refractivity contribution in [2.75, 3.05) is 20.1 Å². The predicted octanol–water partition coefficient (Wildman–Crippen LogP) is 3.32. The summed E-state index contributed by atoms with van der Waals surface area (Å²) in [6.45, 7) is 3.60. The summed E-state index contributed by atoms with van der Waals surface area (Å²) < 4.78 is 0.676. The van der Waals surface area contributed by atoms with E-state index in [0.717, 1.165) is 24.3 Å². The van der Waals surface area contributed by atoms with E-state index in [2.05, 4.69) is 11.8 Å². The van der Waals surface area contributed by atoms with Crippen LogP contribution in [0.2, 0.25) is 4.34 Å². The van der Waals surface area contributed by atoms with Gasteiger partial charge in [-0.3, -0.25) is 9.69 Å². The molecule has 1 rings (SSSR count). The first-order chi connectivity index (χ1) is 7.13. The third-order valence-corrected chi connectivity index (χ3v) is 3.43. The average molecular weight is 246 g/mol. The van der Waals surface area contributed by atoms with E-state index in [9.17, 15) is 4.79 Å². The zero-order valence-corrected chi connectivity index (χ0v) is 10.7. The van der Waals surface area contributed by atoms with E-state index in [1.165, 1.54) is 11.3 Å². The van der Waals surface area contributed by atoms with Gasteiger partial charge in [-0.2, -0.15) is 0 Å². The van der Waals surface area contributed by atoms with Crippen LogP contribution in [0, 0.1) is 0 Å². The third kappa shape index (κ3) is 4.33. The molecule has 2 nitrogen and oxygen atoms in total. The molecule has 0 bridgehead atoms. The Morgan fingerprint density at radius 2 is 2.27 bits per heavy atom. The molecule has 0 fully saturated rings. The molecule has 0 unspecified atom stereocenters. The minimum Gasteiger partial charge on any atom is -0.299 e. The van der Waals surface area contributed by atoms with Crippen LogP contribution in [0.25, 0.3) is 0 Å². The van der Waals surface area contributed by atoms with Crippen LogP contribution in [-0.2, 0) is 0 Å². The van der Waals surface area contributed by atoms with E-state index in [1.54, 1.807) is 12.1 Å². The fraction of sp³-hybridized carbons (Fsp3) is 0.545. The third-order valence-electron chi connectivity index (χ3n) is 2.15.